The summed E-state index contributed by atoms with van der Waals surface area (Å²) in [5.41, 5.74) is 0.210. The van der Waals surface area contributed by atoms with E-state index < -0.39 is 30.1 Å². The third-order valence-corrected chi connectivity index (χ3v) is 2.43. The van der Waals surface area contributed by atoms with Gasteiger partial charge in [0, 0.05) is 5.69 Å². The quantitative estimate of drug-likeness (QED) is 0.715. The van der Waals surface area contributed by atoms with Crippen molar-refractivity contribution < 1.29 is 27.5 Å². The number of hydrogen-bond donors (Lipinski definition) is 3. The summed E-state index contributed by atoms with van der Waals surface area (Å²) in [6.07, 6.45) is -4.79. The van der Waals surface area contributed by atoms with Gasteiger partial charge in [0.25, 0.3) is 0 Å². The van der Waals surface area contributed by atoms with E-state index in [-0.39, 0.29) is 12.2 Å². The second-order valence-corrected chi connectivity index (χ2v) is 4.27. The van der Waals surface area contributed by atoms with Crippen LogP contribution in [0.3, 0.4) is 0 Å². The van der Waals surface area contributed by atoms with Gasteiger partial charge in [0.1, 0.15) is 18.3 Å². The van der Waals surface area contributed by atoms with Crippen LogP contribution in [0.5, 0.6) is 5.75 Å². The molecule has 0 fully saturated rings. The Morgan fingerprint density at radius 2 is 1.91 bits per heavy atom. The third-order valence-electron chi connectivity index (χ3n) is 2.43. The Bertz CT molecular complexity index is 596. The monoisotopic (exact) mass is 330 g/mol. The van der Waals surface area contributed by atoms with Crippen LogP contribution in [0.1, 0.15) is 6.92 Å². The van der Waals surface area contributed by atoms with Gasteiger partial charge in [-0.05, 0) is 31.2 Å². The summed E-state index contributed by atoms with van der Waals surface area (Å²) >= 11 is 0. The molecule has 0 saturated carbocycles. The fourth-order valence-electron chi connectivity index (χ4n) is 1.45. The topological polar surface area (TPSA) is 103 Å². The lowest BCUT2D eigenvalue weighted by atomic mass is 10.3. The molecule has 1 aromatic carbocycles. The molecular weight excluding hydrogens is 317 g/mol. The van der Waals surface area contributed by atoms with Crippen LogP contribution in [-0.4, -0.2) is 30.9 Å². The number of nitrogens with one attached hydrogen (secondary N) is 3. The van der Waals surface area contributed by atoms with Gasteiger partial charge in [0.15, 0.2) is 0 Å². The molecule has 0 radical (unpaired) electrons. The first-order valence-corrected chi connectivity index (χ1v) is 6.29. The summed E-state index contributed by atoms with van der Waals surface area (Å²) < 4.78 is 39.7. The van der Waals surface area contributed by atoms with Crippen LogP contribution in [0.2, 0.25) is 0 Å². The highest BCUT2D eigenvalue weighted by Gasteiger charge is 2.30. The maximum absolute atomic E-state index is 12.0. The van der Waals surface area contributed by atoms with Gasteiger partial charge in [-0.15, -0.1) is 13.2 Å². The zero-order valence-corrected chi connectivity index (χ0v) is 11.9. The number of rotatable bonds is 5. The number of alkyl halides is 3. The van der Waals surface area contributed by atoms with Gasteiger partial charge >= 0.3 is 12.4 Å². The lowest BCUT2D eigenvalue weighted by Crippen LogP contribution is -2.46. The van der Waals surface area contributed by atoms with Crippen LogP contribution in [0.25, 0.3) is 0 Å². The summed E-state index contributed by atoms with van der Waals surface area (Å²) in [6.45, 7) is 1.22. The molecule has 23 heavy (non-hydrogen) atoms. The van der Waals surface area contributed by atoms with E-state index in [1.54, 1.807) is 6.07 Å². The number of amides is 3. The molecule has 3 amide bonds. The molecule has 0 aliphatic carbocycles. The number of ether oxygens (including phenoxy) is 1. The highest BCUT2D eigenvalue weighted by Crippen LogP contribution is 2.23. The molecule has 1 rings (SSSR count). The van der Waals surface area contributed by atoms with Gasteiger partial charge in [-0.3, -0.25) is 4.79 Å². The SMILES string of the molecule is CC(NC(=O)Nc1ccc(OC(F)(F)F)cc1)C(=O)NCC#N. The molecule has 0 aliphatic heterocycles. The van der Waals surface area contributed by atoms with E-state index in [4.69, 9.17) is 5.26 Å². The highest BCUT2D eigenvalue weighted by molar-refractivity contribution is 5.93. The molecule has 1 unspecified atom stereocenters. The lowest BCUT2D eigenvalue weighted by Gasteiger charge is -2.14. The van der Waals surface area contributed by atoms with E-state index in [0.717, 1.165) is 12.1 Å². The summed E-state index contributed by atoms with van der Waals surface area (Å²) in [6, 6.07) is 4.58. The van der Waals surface area contributed by atoms with Crippen LogP contribution in [-0.2, 0) is 4.79 Å². The number of hydrogen-bond acceptors (Lipinski definition) is 4. The van der Waals surface area contributed by atoms with E-state index in [9.17, 15) is 22.8 Å². The zero-order valence-electron chi connectivity index (χ0n) is 11.9. The predicted molar refractivity (Wildman–Crippen MR) is 73.4 cm³/mol. The maximum atomic E-state index is 12.0. The minimum absolute atomic E-state index is 0.187. The second kappa shape index (κ2) is 7.88. The summed E-state index contributed by atoms with van der Waals surface area (Å²) in [4.78, 5) is 23.1. The van der Waals surface area contributed by atoms with E-state index in [2.05, 4.69) is 20.7 Å². The van der Waals surface area contributed by atoms with Crippen molar-refractivity contribution in [2.24, 2.45) is 0 Å². The van der Waals surface area contributed by atoms with Gasteiger partial charge in [-0.2, -0.15) is 5.26 Å². The lowest BCUT2D eigenvalue weighted by molar-refractivity contribution is -0.274. The molecule has 1 atom stereocenters. The van der Waals surface area contributed by atoms with Crippen molar-refractivity contribution in [1.29, 1.82) is 5.26 Å². The van der Waals surface area contributed by atoms with Crippen molar-refractivity contribution in [3.63, 3.8) is 0 Å². The highest BCUT2D eigenvalue weighted by atomic mass is 19.4. The maximum Gasteiger partial charge on any atom is 0.573 e. The van der Waals surface area contributed by atoms with Crippen molar-refractivity contribution in [2.45, 2.75) is 19.3 Å². The van der Waals surface area contributed by atoms with E-state index in [0.29, 0.717) is 0 Å². The van der Waals surface area contributed by atoms with Crippen molar-refractivity contribution in [1.82, 2.24) is 10.6 Å². The first-order valence-electron chi connectivity index (χ1n) is 6.29. The Labute approximate surface area is 129 Å². The Morgan fingerprint density at radius 1 is 1.30 bits per heavy atom. The Morgan fingerprint density at radius 3 is 2.43 bits per heavy atom. The fraction of sp³-hybridized carbons (Fsp3) is 0.308. The minimum atomic E-state index is -4.79. The fourth-order valence-corrected chi connectivity index (χ4v) is 1.45. The number of halogens is 3. The largest absolute Gasteiger partial charge is 0.573 e. The molecule has 0 saturated heterocycles. The number of urea groups is 1. The van der Waals surface area contributed by atoms with Crippen LogP contribution in [0.4, 0.5) is 23.7 Å². The number of carbonyl (C=O) groups excluding carboxylic acids is 2. The van der Waals surface area contributed by atoms with Gasteiger partial charge in [0.05, 0.1) is 6.07 Å². The second-order valence-electron chi connectivity index (χ2n) is 4.27. The van der Waals surface area contributed by atoms with Gasteiger partial charge < -0.3 is 20.7 Å². The van der Waals surface area contributed by atoms with E-state index in [1.807, 2.05) is 0 Å². The number of nitriles is 1. The first-order chi connectivity index (χ1) is 10.7. The molecule has 10 heteroatoms. The standard InChI is InChI=1S/C13H13F3N4O3/c1-8(11(21)18-7-6-17)19-12(22)20-9-2-4-10(5-3-9)23-13(14,15)16/h2-5,8H,7H2,1H3,(H,18,21)(H2,19,20,22). The average molecular weight is 330 g/mol. The number of nitrogens with zero attached hydrogens (tertiary/aromatic N) is 1. The molecule has 0 bridgehead atoms. The smallest absolute Gasteiger partial charge is 0.406 e. The normalized spacial score (nSPS) is 11.8. The van der Waals surface area contributed by atoms with Crippen LogP contribution < -0.4 is 20.7 Å². The van der Waals surface area contributed by atoms with Crippen LogP contribution in [0.15, 0.2) is 24.3 Å². The third kappa shape index (κ3) is 7.03. The van der Waals surface area contributed by atoms with Crippen LogP contribution in [0, 0.1) is 11.3 Å². The van der Waals surface area contributed by atoms with Crippen LogP contribution >= 0.6 is 0 Å². The van der Waals surface area contributed by atoms with Gasteiger partial charge in [-0.25, -0.2) is 4.79 Å². The molecule has 3 N–H and O–H groups in total. The zero-order chi connectivity index (χ0) is 17.5. The van der Waals surface area contributed by atoms with E-state index in [1.165, 1.54) is 19.1 Å². The molecule has 124 valence electrons. The Kier molecular flexibility index (Phi) is 6.20. The van der Waals surface area contributed by atoms with Gasteiger partial charge in [0.2, 0.25) is 5.91 Å². The molecule has 0 heterocycles. The molecule has 0 aliphatic rings. The molecule has 0 aromatic heterocycles. The van der Waals surface area contributed by atoms with Crippen molar-refractivity contribution in [3.05, 3.63) is 24.3 Å². The van der Waals surface area contributed by atoms with Crippen molar-refractivity contribution in [2.75, 3.05) is 11.9 Å². The number of anilines is 1. The minimum Gasteiger partial charge on any atom is -0.406 e. The summed E-state index contributed by atoms with van der Waals surface area (Å²) in [5, 5.41) is 15.2. The molecule has 7 nitrogen and oxygen atoms in total. The average Bonchev–Trinajstić information content (AvgIpc) is 2.45. The molecule has 1 aromatic rings. The van der Waals surface area contributed by atoms with E-state index >= 15 is 0 Å². The molecular formula is C13H13F3N4O3. The number of benzene rings is 1. The number of carbonyl (C=O) groups is 2. The molecule has 0 spiro atoms. The predicted octanol–water partition coefficient (Wildman–Crippen LogP) is 1.73. The first kappa shape index (κ1) is 18.1. The summed E-state index contributed by atoms with van der Waals surface area (Å²) in [7, 11) is 0. The van der Waals surface area contributed by atoms with Crippen molar-refractivity contribution in [3.8, 4) is 11.8 Å². The Balaban J connectivity index is 2.51. The van der Waals surface area contributed by atoms with Crippen molar-refractivity contribution >= 4 is 17.6 Å². The summed E-state index contributed by atoms with van der Waals surface area (Å²) in [5.74, 6) is -0.969. The van der Waals surface area contributed by atoms with Gasteiger partial charge in [-0.1, -0.05) is 0 Å². The Hall–Kier alpha value is -2.96.